The molecule has 0 spiro atoms. The maximum absolute atomic E-state index is 10.3. The zero-order valence-electron chi connectivity index (χ0n) is 16.5. The van der Waals surface area contributed by atoms with Gasteiger partial charge in [0, 0.05) is 24.1 Å². The monoisotopic (exact) mass is 436 g/mol. The standard InChI is InChI=1S/C21H24O10/c1-8-17(26)18(27)19(28)21(29-8)31-16-7-11-13(24)5-10(22)6-15(11)30-20(16)9-2-3-12(23)14(25)4-9/h2-6,8,16-28H,7H2,1H3/t8-,16-,17+,18-,19-,20-,21-/m0/s1. The fourth-order valence-corrected chi connectivity index (χ4v) is 3.87. The Morgan fingerprint density at radius 1 is 0.871 bits per heavy atom. The molecule has 0 saturated carbocycles. The molecule has 10 heteroatoms. The highest BCUT2D eigenvalue weighted by Gasteiger charge is 2.45. The Morgan fingerprint density at radius 2 is 1.61 bits per heavy atom. The summed E-state index contributed by atoms with van der Waals surface area (Å²) >= 11 is 0. The predicted octanol–water partition coefficient (Wildman–Crippen LogP) is 0.398. The van der Waals surface area contributed by atoms with Crippen LogP contribution in [0.2, 0.25) is 0 Å². The molecule has 2 aliphatic heterocycles. The van der Waals surface area contributed by atoms with E-state index in [1.54, 1.807) is 0 Å². The van der Waals surface area contributed by atoms with E-state index < -0.39 is 42.9 Å². The molecule has 2 aromatic rings. The molecule has 0 bridgehead atoms. The average molecular weight is 436 g/mol. The van der Waals surface area contributed by atoms with Crippen molar-refractivity contribution in [2.75, 3.05) is 0 Å². The van der Waals surface area contributed by atoms with Crippen LogP contribution in [0.4, 0.5) is 0 Å². The van der Waals surface area contributed by atoms with Crippen molar-refractivity contribution in [1.82, 2.24) is 0 Å². The van der Waals surface area contributed by atoms with Crippen LogP contribution in [-0.2, 0) is 15.9 Å². The zero-order chi connectivity index (χ0) is 22.4. The van der Waals surface area contributed by atoms with Crippen LogP contribution in [0.1, 0.15) is 24.2 Å². The molecule has 1 fully saturated rings. The van der Waals surface area contributed by atoms with Crippen molar-refractivity contribution in [2.45, 2.75) is 56.3 Å². The second-order valence-electron chi connectivity index (χ2n) is 7.79. The van der Waals surface area contributed by atoms with Crippen LogP contribution in [0.3, 0.4) is 0 Å². The minimum Gasteiger partial charge on any atom is -0.508 e. The van der Waals surface area contributed by atoms with Gasteiger partial charge in [-0.25, -0.2) is 0 Å². The van der Waals surface area contributed by atoms with Crippen molar-refractivity contribution in [3.63, 3.8) is 0 Å². The average Bonchev–Trinajstić information content (AvgIpc) is 2.72. The molecule has 0 radical (unpaired) electrons. The van der Waals surface area contributed by atoms with Crippen molar-refractivity contribution in [1.29, 1.82) is 0 Å². The second kappa shape index (κ2) is 8.06. The smallest absolute Gasteiger partial charge is 0.187 e. The van der Waals surface area contributed by atoms with Gasteiger partial charge in [0.2, 0.25) is 0 Å². The number of hydrogen-bond acceptors (Lipinski definition) is 10. The molecule has 10 nitrogen and oxygen atoms in total. The number of fused-ring (bicyclic) bond motifs is 1. The highest BCUT2D eigenvalue weighted by atomic mass is 16.7. The van der Waals surface area contributed by atoms with E-state index in [9.17, 15) is 35.7 Å². The Hall–Kier alpha value is -2.76. The molecule has 0 unspecified atom stereocenters. The molecule has 2 aliphatic rings. The number of ether oxygens (including phenoxy) is 3. The second-order valence-corrected chi connectivity index (χ2v) is 7.79. The Balaban J connectivity index is 1.69. The summed E-state index contributed by atoms with van der Waals surface area (Å²) in [5, 5.41) is 69.9. The minimum atomic E-state index is -1.55. The lowest BCUT2D eigenvalue weighted by molar-refractivity contribution is -0.310. The maximum Gasteiger partial charge on any atom is 0.187 e. The largest absolute Gasteiger partial charge is 0.508 e. The molecular formula is C21H24O10. The van der Waals surface area contributed by atoms with E-state index in [-0.39, 0.29) is 35.2 Å². The van der Waals surface area contributed by atoms with Crippen LogP contribution in [0.5, 0.6) is 28.7 Å². The van der Waals surface area contributed by atoms with Gasteiger partial charge in [0.05, 0.1) is 6.10 Å². The molecule has 7 atom stereocenters. The number of aromatic hydroxyl groups is 4. The fraction of sp³-hybridized carbons (Fsp3) is 0.429. The summed E-state index contributed by atoms with van der Waals surface area (Å²) in [6.07, 6.45) is -8.15. The van der Waals surface area contributed by atoms with Gasteiger partial charge in [0.1, 0.15) is 41.7 Å². The first-order chi connectivity index (χ1) is 14.7. The van der Waals surface area contributed by atoms with Gasteiger partial charge in [-0.3, -0.25) is 0 Å². The third-order valence-electron chi connectivity index (χ3n) is 5.61. The van der Waals surface area contributed by atoms with Crippen molar-refractivity contribution in [3.05, 3.63) is 41.5 Å². The Labute approximate surface area is 177 Å². The van der Waals surface area contributed by atoms with E-state index >= 15 is 0 Å². The van der Waals surface area contributed by atoms with Crippen LogP contribution in [0, 0.1) is 0 Å². The summed E-state index contributed by atoms with van der Waals surface area (Å²) in [5.41, 5.74) is 0.758. The van der Waals surface area contributed by atoms with Gasteiger partial charge in [0.15, 0.2) is 23.9 Å². The van der Waals surface area contributed by atoms with Crippen molar-refractivity contribution in [3.8, 4) is 28.7 Å². The van der Waals surface area contributed by atoms with Gasteiger partial charge in [-0.05, 0) is 24.6 Å². The summed E-state index contributed by atoms with van der Waals surface area (Å²) in [5.74, 6) is -0.941. The Bertz CT molecular complexity index is 963. The third-order valence-corrected chi connectivity index (χ3v) is 5.61. The van der Waals surface area contributed by atoms with Gasteiger partial charge in [-0.1, -0.05) is 6.07 Å². The summed E-state index contributed by atoms with van der Waals surface area (Å²) in [6.45, 7) is 1.52. The molecule has 2 aromatic carbocycles. The fourth-order valence-electron chi connectivity index (χ4n) is 3.87. The van der Waals surface area contributed by atoms with Crippen LogP contribution < -0.4 is 4.74 Å². The van der Waals surface area contributed by atoms with Gasteiger partial charge >= 0.3 is 0 Å². The van der Waals surface area contributed by atoms with E-state index in [1.165, 1.54) is 31.2 Å². The predicted molar refractivity (Wildman–Crippen MR) is 104 cm³/mol. The molecule has 0 amide bonds. The summed E-state index contributed by atoms with van der Waals surface area (Å²) in [6, 6.07) is 6.54. The van der Waals surface area contributed by atoms with Gasteiger partial charge in [0.25, 0.3) is 0 Å². The highest BCUT2D eigenvalue weighted by molar-refractivity contribution is 5.52. The first-order valence-corrected chi connectivity index (χ1v) is 9.74. The number of aliphatic hydroxyl groups excluding tert-OH is 3. The summed E-state index contributed by atoms with van der Waals surface area (Å²) in [4.78, 5) is 0. The van der Waals surface area contributed by atoms with Crippen molar-refractivity contribution >= 4 is 0 Å². The van der Waals surface area contributed by atoms with Gasteiger partial charge < -0.3 is 50.0 Å². The number of benzene rings is 2. The highest BCUT2D eigenvalue weighted by Crippen LogP contribution is 2.44. The Morgan fingerprint density at radius 3 is 2.32 bits per heavy atom. The molecule has 2 heterocycles. The lowest BCUT2D eigenvalue weighted by Crippen LogP contribution is -2.58. The van der Waals surface area contributed by atoms with Crippen LogP contribution in [0.15, 0.2) is 30.3 Å². The van der Waals surface area contributed by atoms with E-state index in [2.05, 4.69) is 0 Å². The van der Waals surface area contributed by atoms with E-state index in [4.69, 9.17) is 14.2 Å². The SMILES string of the molecule is C[C@@H]1O[C@@H](O[C@H]2Cc3c(O)cc(O)cc3O[C@H]2c2ccc(O)c(O)c2)[C@@H](O)[C@@H](O)[C@@H]1O. The van der Waals surface area contributed by atoms with E-state index in [0.29, 0.717) is 11.1 Å². The third kappa shape index (κ3) is 3.95. The van der Waals surface area contributed by atoms with Gasteiger partial charge in [-0.15, -0.1) is 0 Å². The molecular weight excluding hydrogens is 412 g/mol. The molecule has 168 valence electrons. The van der Waals surface area contributed by atoms with Crippen LogP contribution >= 0.6 is 0 Å². The van der Waals surface area contributed by atoms with Gasteiger partial charge in [-0.2, -0.15) is 0 Å². The minimum absolute atomic E-state index is 0.0767. The molecule has 7 N–H and O–H groups in total. The first-order valence-electron chi connectivity index (χ1n) is 9.74. The molecule has 31 heavy (non-hydrogen) atoms. The molecule has 4 rings (SSSR count). The topological polar surface area (TPSA) is 169 Å². The summed E-state index contributed by atoms with van der Waals surface area (Å²) < 4.78 is 17.4. The van der Waals surface area contributed by atoms with Crippen molar-refractivity contribution < 1.29 is 50.0 Å². The van der Waals surface area contributed by atoms with Crippen LogP contribution in [0.25, 0.3) is 0 Å². The maximum atomic E-state index is 10.3. The molecule has 0 aromatic heterocycles. The van der Waals surface area contributed by atoms with E-state index in [0.717, 1.165) is 6.07 Å². The van der Waals surface area contributed by atoms with Crippen LogP contribution in [-0.4, -0.2) is 72.6 Å². The number of phenols is 4. The normalized spacial score (nSPS) is 32.8. The number of aliphatic hydroxyl groups is 3. The molecule has 0 aliphatic carbocycles. The molecule has 1 saturated heterocycles. The number of hydrogen-bond donors (Lipinski definition) is 7. The lowest BCUT2D eigenvalue weighted by atomic mass is 9.93. The number of rotatable bonds is 3. The zero-order valence-corrected chi connectivity index (χ0v) is 16.5. The lowest BCUT2D eigenvalue weighted by Gasteiger charge is -2.42. The quantitative estimate of drug-likeness (QED) is 0.334. The number of phenolic OH excluding ortho intramolecular Hbond substituents is 4. The first kappa shape index (κ1) is 21.5. The summed E-state index contributed by atoms with van der Waals surface area (Å²) in [7, 11) is 0. The Kier molecular flexibility index (Phi) is 5.58. The van der Waals surface area contributed by atoms with E-state index in [1.807, 2.05) is 0 Å². The van der Waals surface area contributed by atoms with Crippen molar-refractivity contribution in [2.24, 2.45) is 0 Å².